The monoisotopic (exact) mass is 367 g/mol. The lowest BCUT2D eigenvalue weighted by atomic mass is 10.1. The van der Waals surface area contributed by atoms with E-state index >= 15 is 0 Å². The number of carbonyl (C=O) groups is 1. The first-order valence-electron chi connectivity index (χ1n) is 8.72. The van der Waals surface area contributed by atoms with Crippen molar-refractivity contribution in [1.29, 1.82) is 0 Å². The van der Waals surface area contributed by atoms with Gasteiger partial charge in [0, 0.05) is 5.56 Å². The van der Waals surface area contributed by atoms with E-state index in [1.165, 1.54) is 6.07 Å². The van der Waals surface area contributed by atoms with E-state index in [0.29, 0.717) is 23.5 Å². The van der Waals surface area contributed by atoms with Gasteiger partial charge in [-0.2, -0.15) is 0 Å². The second kappa shape index (κ2) is 8.49. The Balaban J connectivity index is 1.78. The minimum Gasteiger partial charge on any atom is -0.309 e. The van der Waals surface area contributed by atoms with Gasteiger partial charge in [0.15, 0.2) is 17.5 Å². The number of anilines is 1. The van der Waals surface area contributed by atoms with E-state index in [4.69, 9.17) is 0 Å². The van der Waals surface area contributed by atoms with Gasteiger partial charge in [0.1, 0.15) is 0 Å². The molecule has 4 nitrogen and oxygen atoms in total. The molecular weight excluding hydrogens is 348 g/mol. The Hall–Kier alpha value is -3.15. The second-order valence-electron chi connectivity index (χ2n) is 6.14. The molecule has 0 radical (unpaired) electrons. The third-order valence-corrected chi connectivity index (χ3v) is 4.01. The highest BCUT2D eigenvalue weighted by Crippen LogP contribution is 2.20. The van der Waals surface area contributed by atoms with Crippen LogP contribution >= 0.6 is 0 Å². The van der Waals surface area contributed by atoms with Gasteiger partial charge in [-0.15, -0.1) is 0 Å². The standard InChI is InChI=1S/C21H19F2N3O/c1-2-6-18-21(24-13-19(25-18)15-7-4-3-5-8-15)26-20(27)12-14-9-10-16(22)17(23)11-14/h3-5,7-11,13H,2,6,12H2,1H3,(H,24,26,27). The zero-order valence-corrected chi connectivity index (χ0v) is 14.9. The molecule has 0 atom stereocenters. The summed E-state index contributed by atoms with van der Waals surface area (Å²) in [4.78, 5) is 21.3. The molecule has 1 amide bonds. The van der Waals surface area contributed by atoms with Crippen LogP contribution in [0.4, 0.5) is 14.6 Å². The average Bonchev–Trinajstić information content (AvgIpc) is 2.67. The molecule has 0 bridgehead atoms. The molecule has 3 rings (SSSR count). The number of hydrogen-bond donors (Lipinski definition) is 1. The molecule has 0 saturated carbocycles. The fourth-order valence-electron chi connectivity index (χ4n) is 2.70. The predicted octanol–water partition coefficient (Wildman–Crippen LogP) is 4.56. The van der Waals surface area contributed by atoms with E-state index in [9.17, 15) is 13.6 Å². The Morgan fingerprint density at radius 3 is 2.56 bits per heavy atom. The maximum Gasteiger partial charge on any atom is 0.229 e. The van der Waals surface area contributed by atoms with Crippen molar-refractivity contribution in [2.24, 2.45) is 0 Å². The van der Waals surface area contributed by atoms with E-state index < -0.39 is 11.6 Å². The zero-order valence-electron chi connectivity index (χ0n) is 14.9. The highest BCUT2D eigenvalue weighted by molar-refractivity contribution is 5.92. The summed E-state index contributed by atoms with van der Waals surface area (Å²) in [5.74, 6) is -1.88. The number of carbonyl (C=O) groups excluding carboxylic acids is 1. The van der Waals surface area contributed by atoms with Crippen molar-refractivity contribution in [3.05, 3.63) is 77.6 Å². The van der Waals surface area contributed by atoms with Crippen LogP contribution < -0.4 is 5.32 Å². The minimum absolute atomic E-state index is 0.0785. The average molecular weight is 367 g/mol. The highest BCUT2D eigenvalue weighted by atomic mass is 19.2. The largest absolute Gasteiger partial charge is 0.309 e. The van der Waals surface area contributed by atoms with Crippen molar-refractivity contribution < 1.29 is 13.6 Å². The number of rotatable bonds is 6. The molecule has 0 aliphatic heterocycles. The van der Waals surface area contributed by atoms with Crippen molar-refractivity contribution in [1.82, 2.24) is 9.97 Å². The Kier molecular flexibility index (Phi) is 5.86. The van der Waals surface area contributed by atoms with Gasteiger partial charge in [0.2, 0.25) is 5.91 Å². The molecule has 0 fully saturated rings. The summed E-state index contributed by atoms with van der Waals surface area (Å²) >= 11 is 0. The first-order chi connectivity index (χ1) is 13.1. The lowest BCUT2D eigenvalue weighted by Gasteiger charge is -2.11. The van der Waals surface area contributed by atoms with Crippen molar-refractivity contribution in [2.45, 2.75) is 26.2 Å². The van der Waals surface area contributed by atoms with Crippen LogP contribution in [0.15, 0.2) is 54.7 Å². The fourth-order valence-corrected chi connectivity index (χ4v) is 2.70. The number of amides is 1. The Morgan fingerprint density at radius 2 is 1.85 bits per heavy atom. The van der Waals surface area contributed by atoms with Crippen LogP contribution in [0.3, 0.4) is 0 Å². The van der Waals surface area contributed by atoms with Crippen molar-refractivity contribution in [3.8, 4) is 11.3 Å². The first-order valence-corrected chi connectivity index (χ1v) is 8.72. The topological polar surface area (TPSA) is 54.9 Å². The quantitative estimate of drug-likeness (QED) is 0.695. The molecule has 138 valence electrons. The van der Waals surface area contributed by atoms with Crippen molar-refractivity contribution in [2.75, 3.05) is 5.32 Å². The normalized spacial score (nSPS) is 10.6. The maximum atomic E-state index is 13.3. The lowest BCUT2D eigenvalue weighted by Crippen LogP contribution is -2.17. The van der Waals surface area contributed by atoms with Crippen LogP contribution in [0.25, 0.3) is 11.3 Å². The highest BCUT2D eigenvalue weighted by Gasteiger charge is 2.13. The van der Waals surface area contributed by atoms with Crippen LogP contribution in [0, 0.1) is 11.6 Å². The number of benzene rings is 2. The van der Waals surface area contributed by atoms with E-state index in [0.717, 1.165) is 29.8 Å². The van der Waals surface area contributed by atoms with Crippen LogP contribution in [-0.2, 0) is 17.6 Å². The SMILES string of the molecule is CCCc1nc(-c2ccccc2)cnc1NC(=O)Cc1ccc(F)c(F)c1. The molecule has 1 heterocycles. The smallest absolute Gasteiger partial charge is 0.229 e. The zero-order chi connectivity index (χ0) is 19.2. The van der Waals surface area contributed by atoms with Gasteiger partial charge in [-0.1, -0.05) is 49.7 Å². The third kappa shape index (κ3) is 4.73. The summed E-state index contributed by atoms with van der Waals surface area (Å²) in [6.45, 7) is 2.02. The van der Waals surface area contributed by atoms with E-state index in [2.05, 4.69) is 15.3 Å². The summed E-state index contributed by atoms with van der Waals surface area (Å²) < 4.78 is 26.3. The van der Waals surface area contributed by atoms with Gasteiger partial charge in [0.05, 0.1) is 24.0 Å². The summed E-state index contributed by atoms with van der Waals surface area (Å²) in [5.41, 5.74) is 2.76. The molecule has 1 aromatic heterocycles. The van der Waals surface area contributed by atoms with Crippen LogP contribution in [0.5, 0.6) is 0 Å². The summed E-state index contributed by atoms with van der Waals surface area (Å²) in [7, 11) is 0. The van der Waals surface area contributed by atoms with E-state index in [-0.39, 0.29) is 12.3 Å². The summed E-state index contributed by atoms with van der Waals surface area (Å²) in [6, 6.07) is 13.1. The Labute approximate surface area is 156 Å². The molecule has 0 aliphatic carbocycles. The maximum absolute atomic E-state index is 13.3. The number of hydrogen-bond acceptors (Lipinski definition) is 3. The number of nitrogens with zero attached hydrogens (tertiary/aromatic N) is 2. The number of aryl methyl sites for hydroxylation is 1. The van der Waals surface area contributed by atoms with E-state index in [1.54, 1.807) is 6.20 Å². The van der Waals surface area contributed by atoms with Gasteiger partial charge in [0.25, 0.3) is 0 Å². The lowest BCUT2D eigenvalue weighted by molar-refractivity contribution is -0.115. The van der Waals surface area contributed by atoms with Gasteiger partial charge in [-0.25, -0.2) is 18.7 Å². The first kappa shape index (κ1) is 18.6. The molecule has 0 saturated heterocycles. The second-order valence-corrected chi connectivity index (χ2v) is 6.14. The molecular formula is C21H19F2N3O. The van der Waals surface area contributed by atoms with Crippen LogP contribution in [0.1, 0.15) is 24.6 Å². The molecule has 0 spiro atoms. The molecule has 0 aliphatic rings. The van der Waals surface area contributed by atoms with Gasteiger partial charge >= 0.3 is 0 Å². The van der Waals surface area contributed by atoms with Gasteiger partial charge in [-0.3, -0.25) is 4.79 Å². The summed E-state index contributed by atoms with van der Waals surface area (Å²) in [6.07, 6.45) is 3.04. The Morgan fingerprint density at radius 1 is 1.07 bits per heavy atom. The predicted molar refractivity (Wildman–Crippen MR) is 100 cm³/mol. The minimum atomic E-state index is -0.973. The molecule has 2 aromatic carbocycles. The molecule has 0 unspecified atom stereocenters. The Bertz CT molecular complexity index is 945. The fraction of sp³-hybridized carbons (Fsp3) is 0.190. The number of halogens is 2. The van der Waals surface area contributed by atoms with Gasteiger partial charge in [-0.05, 0) is 24.1 Å². The summed E-state index contributed by atoms with van der Waals surface area (Å²) in [5, 5.41) is 2.73. The third-order valence-electron chi connectivity index (χ3n) is 4.01. The number of aromatic nitrogens is 2. The van der Waals surface area contributed by atoms with Crippen molar-refractivity contribution >= 4 is 11.7 Å². The molecule has 3 aromatic rings. The van der Waals surface area contributed by atoms with Crippen LogP contribution in [-0.4, -0.2) is 15.9 Å². The molecule has 6 heteroatoms. The number of nitrogens with one attached hydrogen (secondary N) is 1. The molecule has 1 N–H and O–H groups in total. The molecule has 27 heavy (non-hydrogen) atoms. The van der Waals surface area contributed by atoms with Gasteiger partial charge < -0.3 is 5.32 Å². The van der Waals surface area contributed by atoms with Crippen LogP contribution in [0.2, 0.25) is 0 Å². The van der Waals surface area contributed by atoms with Crippen molar-refractivity contribution in [3.63, 3.8) is 0 Å². The van der Waals surface area contributed by atoms with E-state index in [1.807, 2.05) is 37.3 Å².